The van der Waals surface area contributed by atoms with Crippen LogP contribution in [0.5, 0.6) is 0 Å². The summed E-state index contributed by atoms with van der Waals surface area (Å²) in [5.41, 5.74) is 18.2. The van der Waals surface area contributed by atoms with Crippen LogP contribution >= 0.6 is 0 Å². The summed E-state index contributed by atoms with van der Waals surface area (Å²) < 4.78 is 0. The highest BCUT2D eigenvalue weighted by Gasteiger charge is 2.42. The van der Waals surface area contributed by atoms with Crippen molar-refractivity contribution >= 4 is 43.8 Å². The average molecular weight is 511 g/mol. The van der Waals surface area contributed by atoms with Crippen molar-refractivity contribution in [1.82, 2.24) is 0 Å². The van der Waals surface area contributed by atoms with Crippen molar-refractivity contribution in [2.75, 3.05) is 0 Å². The van der Waals surface area contributed by atoms with Crippen LogP contribution in [0.3, 0.4) is 0 Å². The lowest BCUT2D eigenvalue weighted by Gasteiger charge is -2.35. The molecule has 10 rings (SSSR count). The van der Waals surface area contributed by atoms with Gasteiger partial charge < -0.3 is 0 Å². The zero-order valence-corrected chi connectivity index (χ0v) is 22.6. The van der Waals surface area contributed by atoms with Crippen LogP contribution in [-0.4, -0.2) is 0 Å². The summed E-state index contributed by atoms with van der Waals surface area (Å²) in [4.78, 5) is 0. The predicted octanol–water partition coefficient (Wildman–Crippen LogP) is 10.5. The Morgan fingerprint density at radius 2 is 1.60 bits per heavy atom. The highest BCUT2D eigenvalue weighted by Crippen LogP contribution is 2.58. The molecule has 7 aliphatic carbocycles. The third-order valence-corrected chi connectivity index (χ3v) is 10.6. The molecule has 0 N–H and O–H groups in total. The quantitative estimate of drug-likeness (QED) is 0.286. The third-order valence-electron chi connectivity index (χ3n) is 10.6. The summed E-state index contributed by atoms with van der Waals surface area (Å²) in [5.74, 6) is 0.887. The van der Waals surface area contributed by atoms with Gasteiger partial charge in [0.1, 0.15) is 0 Å². The van der Waals surface area contributed by atoms with Crippen LogP contribution in [0.4, 0.5) is 0 Å². The monoisotopic (exact) mass is 510 g/mol. The molecule has 0 spiro atoms. The summed E-state index contributed by atoms with van der Waals surface area (Å²) in [6, 6.07) is 14.6. The Balaban J connectivity index is 1.19. The maximum Gasteiger partial charge on any atom is 0.0205 e. The predicted molar refractivity (Wildman–Crippen MR) is 170 cm³/mol. The zero-order chi connectivity index (χ0) is 25.9. The van der Waals surface area contributed by atoms with E-state index in [9.17, 15) is 0 Å². The van der Waals surface area contributed by atoms with Gasteiger partial charge in [-0.05, 0) is 145 Å². The first-order valence-corrected chi connectivity index (χ1v) is 15.2. The standard InChI is InChI=1S/C40H30/c1-2-8-23(9-3-1)24-16-17-25-19-38-36-22-34-26(20-35(36)32-15-7-13-30(40(32)38)33(25)18-24)21-37-28-11-5-4-10-27(28)29-12-6-14-31(34)39(29)37/h1-2,4,6-8,10,12-15,18-22,30,40H,3,5,9,11,16-17H2. The number of rotatable bonds is 1. The highest BCUT2D eigenvalue weighted by molar-refractivity contribution is 6.23. The lowest BCUT2D eigenvalue weighted by molar-refractivity contribution is 0.655. The van der Waals surface area contributed by atoms with Gasteiger partial charge in [0.25, 0.3) is 0 Å². The van der Waals surface area contributed by atoms with E-state index in [1.165, 1.54) is 74.2 Å². The summed E-state index contributed by atoms with van der Waals surface area (Å²) >= 11 is 0. The molecule has 0 bridgehead atoms. The van der Waals surface area contributed by atoms with Crippen molar-refractivity contribution < 1.29 is 0 Å². The molecule has 3 aromatic rings. The molecule has 3 aromatic carbocycles. The first kappa shape index (κ1) is 21.6. The highest BCUT2D eigenvalue weighted by atomic mass is 14.5. The molecule has 0 heterocycles. The molecule has 0 radical (unpaired) electrons. The SMILES string of the molecule is C1=CCCC(C2=CC3=C(C=C4c5cc6c(cc5C5=CC=CC3C54)cc3c4c(cccc46)C4=C3CCC=C4)CC2)=C1. The molecular weight excluding hydrogens is 480 g/mol. The fourth-order valence-corrected chi connectivity index (χ4v) is 8.87. The van der Waals surface area contributed by atoms with Crippen LogP contribution in [-0.2, 0) is 0 Å². The zero-order valence-electron chi connectivity index (χ0n) is 22.6. The minimum absolute atomic E-state index is 0.443. The minimum atomic E-state index is 0.443. The molecule has 2 atom stereocenters. The summed E-state index contributed by atoms with van der Waals surface area (Å²) in [5, 5.41) is 5.70. The van der Waals surface area contributed by atoms with Crippen molar-refractivity contribution in [2.45, 2.75) is 38.5 Å². The number of benzene rings is 3. The molecule has 0 aliphatic heterocycles. The average Bonchev–Trinajstić information content (AvgIpc) is 3.51. The number of fused-ring (bicyclic) bond motifs is 8. The molecule has 7 aliphatic rings. The Labute approximate surface area is 235 Å². The summed E-state index contributed by atoms with van der Waals surface area (Å²) in [6.07, 6.45) is 31.0. The molecule has 0 aromatic heterocycles. The molecule has 0 saturated heterocycles. The Hall–Kier alpha value is -4.16. The van der Waals surface area contributed by atoms with E-state index in [4.69, 9.17) is 0 Å². The fraction of sp³-hybridized carbons (Fsp3) is 0.200. The van der Waals surface area contributed by atoms with E-state index in [0.717, 1.165) is 19.3 Å². The normalized spacial score (nSPS) is 25.0. The Morgan fingerprint density at radius 3 is 2.55 bits per heavy atom. The number of hydrogen-bond acceptors (Lipinski definition) is 0. The number of hydrogen-bond donors (Lipinski definition) is 0. The van der Waals surface area contributed by atoms with Crippen LogP contribution in [0.2, 0.25) is 0 Å². The van der Waals surface area contributed by atoms with Gasteiger partial charge in [-0.15, -0.1) is 0 Å². The molecule has 0 nitrogen and oxygen atoms in total. The first-order valence-electron chi connectivity index (χ1n) is 15.2. The van der Waals surface area contributed by atoms with Crippen LogP contribution in [0.15, 0.2) is 119 Å². The van der Waals surface area contributed by atoms with Gasteiger partial charge in [-0.25, -0.2) is 0 Å². The van der Waals surface area contributed by atoms with Crippen molar-refractivity contribution in [3.8, 4) is 0 Å². The van der Waals surface area contributed by atoms with E-state index in [1.54, 1.807) is 33.4 Å². The topological polar surface area (TPSA) is 0 Å². The van der Waals surface area contributed by atoms with E-state index in [-0.39, 0.29) is 0 Å². The van der Waals surface area contributed by atoms with Gasteiger partial charge in [0.05, 0.1) is 0 Å². The van der Waals surface area contributed by atoms with Crippen LogP contribution < -0.4 is 0 Å². The maximum absolute atomic E-state index is 2.59. The molecule has 0 amide bonds. The van der Waals surface area contributed by atoms with Crippen molar-refractivity contribution in [1.29, 1.82) is 0 Å². The smallest absolute Gasteiger partial charge is 0.0205 e. The van der Waals surface area contributed by atoms with Crippen LogP contribution in [0, 0.1) is 11.8 Å². The molecule has 0 fully saturated rings. The van der Waals surface area contributed by atoms with Crippen molar-refractivity contribution in [3.05, 3.63) is 142 Å². The third kappa shape index (κ3) is 2.72. The van der Waals surface area contributed by atoms with Gasteiger partial charge in [0.15, 0.2) is 0 Å². The molecular formula is C40H30. The lowest BCUT2D eigenvalue weighted by atomic mass is 9.68. The molecule has 40 heavy (non-hydrogen) atoms. The molecule has 2 unspecified atom stereocenters. The molecule has 0 saturated carbocycles. The van der Waals surface area contributed by atoms with Crippen molar-refractivity contribution in [2.24, 2.45) is 11.8 Å². The molecule has 190 valence electrons. The van der Waals surface area contributed by atoms with Crippen LogP contribution in [0.25, 0.3) is 43.8 Å². The van der Waals surface area contributed by atoms with Gasteiger partial charge in [0.2, 0.25) is 0 Å². The lowest BCUT2D eigenvalue weighted by Crippen LogP contribution is -2.22. The van der Waals surface area contributed by atoms with E-state index < -0.39 is 0 Å². The summed E-state index contributed by atoms with van der Waals surface area (Å²) in [6.45, 7) is 0. The fourth-order valence-electron chi connectivity index (χ4n) is 8.87. The van der Waals surface area contributed by atoms with E-state index in [2.05, 4.69) is 97.2 Å². The maximum atomic E-state index is 2.59. The second-order valence-electron chi connectivity index (χ2n) is 12.5. The largest absolute Gasteiger partial charge is 0.0842 e. The van der Waals surface area contributed by atoms with E-state index in [1.807, 2.05) is 0 Å². The van der Waals surface area contributed by atoms with E-state index in [0.29, 0.717) is 11.8 Å². The minimum Gasteiger partial charge on any atom is -0.0842 e. The summed E-state index contributed by atoms with van der Waals surface area (Å²) in [7, 11) is 0. The number of allylic oxidation sites excluding steroid dienone is 18. The van der Waals surface area contributed by atoms with Gasteiger partial charge in [0, 0.05) is 11.8 Å². The van der Waals surface area contributed by atoms with Gasteiger partial charge in [-0.3, -0.25) is 0 Å². The van der Waals surface area contributed by atoms with E-state index >= 15 is 0 Å². The second-order valence-corrected chi connectivity index (χ2v) is 12.5. The van der Waals surface area contributed by atoms with Gasteiger partial charge in [-0.2, -0.15) is 0 Å². The second kappa shape index (κ2) is 7.73. The van der Waals surface area contributed by atoms with Crippen LogP contribution in [0.1, 0.15) is 60.8 Å². The Morgan fingerprint density at radius 1 is 0.675 bits per heavy atom. The first-order chi connectivity index (χ1) is 19.8. The molecule has 0 heteroatoms. The Kier molecular flexibility index (Phi) is 4.18. The van der Waals surface area contributed by atoms with Gasteiger partial charge >= 0.3 is 0 Å². The van der Waals surface area contributed by atoms with Gasteiger partial charge in [-0.1, -0.05) is 79.0 Å². The van der Waals surface area contributed by atoms with Crippen molar-refractivity contribution in [3.63, 3.8) is 0 Å². The Bertz CT molecular complexity index is 2030.